The van der Waals surface area contributed by atoms with Gasteiger partial charge >= 0.3 is 6.16 Å². The van der Waals surface area contributed by atoms with Gasteiger partial charge in [-0.15, -0.1) is 0 Å². The predicted molar refractivity (Wildman–Crippen MR) is 164 cm³/mol. The van der Waals surface area contributed by atoms with Gasteiger partial charge in [0.2, 0.25) is 5.88 Å². The zero-order valence-corrected chi connectivity index (χ0v) is 24.0. The van der Waals surface area contributed by atoms with Crippen LogP contribution in [0.4, 0.5) is 20.7 Å². The largest absolute Gasteiger partial charge is 0.512 e. The minimum atomic E-state index is -1.41. The lowest BCUT2D eigenvalue weighted by Crippen LogP contribution is -2.32. The Morgan fingerprint density at radius 2 is 1.90 bits per heavy atom. The third-order valence-corrected chi connectivity index (χ3v) is 8.92. The molecule has 0 radical (unpaired) electrons. The topological polar surface area (TPSA) is 140 Å². The number of nitrogen functional groups attached to an aromatic ring is 1. The number of nitrogens with one attached hydrogen (secondary N) is 1. The van der Waals surface area contributed by atoms with Crippen LogP contribution in [-0.2, 0) is 19.4 Å². The van der Waals surface area contributed by atoms with E-state index in [0.717, 1.165) is 32.6 Å². The smallest absolute Gasteiger partial charge is 0.494 e. The lowest BCUT2D eigenvalue weighted by Gasteiger charge is -2.29. The number of aromatic nitrogens is 2. The second-order valence-corrected chi connectivity index (χ2v) is 11.8. The molecule has 42 heavy (non-hydrogen) atoms. The van der Waals surface area contributed by atoms with E-state index in [0.29, 0.717) is 59.8 Å². The number of ether oxygens (including phenoxy) is 2. The zero-order valence-electron chi connectivity index (χ0n) is 22.4. The van der Waals surface area contributed by atoms with Gasteiger partial charge in [-0.1, -0.05) is 53.0 Å². The van der Waals surface area contributed by atoms with E-state index >= 15 is 0 Å². The van der Waals surface area contributed by atoms with Crippen molar-refractivity contribution in [3.8, 4) is 11.6 Å². The van der Waals surface area contributed by atoms with Crippen LogP contribution in [0.3, 0.4) is 0 Å². The number of hydrogen-bond acceptors (Lipinski definition) is 10. The molecule has 2 aromatic heterocycles. The van der Waals surface area contributed by atoms with Crippen LogP contribution in [0.2, 0.25) is 0 Å². The van der Waals surface area contributed by atoms with Gasteiger partial charge in [-0.3, -0.25) is 10.1 Å². The van der Waals surface area contributed by atoms with Crippen LogP contribution in [0.15, 0.2) is 66.7 Å². The standard InChI is InChI=1S/C30H27N5O5S2/c31-19-7-4-8-20(16-19)39-15-5-12-25-27(40-30(37)38)34-29(42-25)35-14-13-18-6-3-9-21(22(18)17-35)26(36)33-28-32-23-10-1-2-11-24(23)41-28/h1-4,6-11,16H,5,12-15,17,31H2,(H,37,38)(H,32,33,36). The monoisotopic (exact) mass is 601 g/mol. The molecule has 1 aliphatic rings. The van der Waals surface area contributed by atoms with Gasteiger partial charge in [-0.2, -0.15) is 4.98 Å². The maximum Gasteiger partial charge on any atom is 0.512 e. The van der Waals surface area contributed by atoms with E-state index in [1.165, 1.54) is 22.7 Å². The zero-order chi connectivity index (χ0) is 29.1. The van der Waals surface area contributed by atoms with Gasteiger partial charge in [0.15, 0.2) is 10.3 Å². The van der Waals surface area contributed by atoms with E-state index in [9.17, 15) is 14.7 Å². The lowest BCUT2D eigenvalue weighted by atomic mass is 9.94. The van der Waals surface area contributed by atoms with Crippen molar-refractivity contribution < 1.29 is 24.2 Å². The van der Waals surface area contributed by atoms with Crippen LogP contribution in [-0.4, -0.2) is 40.3 Å². The molecule has 0 saturated heterocycles. The number of thiazole rings is 2. The molecule has 4 N–H and O–H groups in total. The molecule has 6 rings (SSSR count). The Bertz CT molecular complexity index is 1740. The van der Waals surface area contributed by atoms with E-state index in [-0.39, 0.29) is 11.8 Å². The first-order valence-electron chi connectivity index (χ1n) is 13.3. The van der Waals surface area contributed by atoms with Crippen molar-refractivity contribution in [2.24, 2.45) is 0 Å². The minimum absolute atomic E-state index is 0.0825. The van der Waals surface area contributed by atoms with Crippen molar-refractivity contribution in [1.29, 1.82) is 0 Å². The molecule has 1 amide bonds. The summed E-state index contributed by atoms with van der Waals surface area (Å²) in [6.45, 7) is 1.55. The number of nitrogens with zero attached hydrogens (tertiary/aromatic N) is 3. The molecule has 0 saturated carbocycles. The summed E-state index contributed by atoms with van der Waals surface area (Å²) in [5, 5.41) is 13.5. The van der Waals surface area contributed by atoms with Crippen molar-refractivity contribution >= 4 is 60.9 Å². The second-order valence-electron chi connectivity index (χ2n) is 9.67. The number of carbonyl (C=O) groups excluding carboxylic acids is 1. The third kappa shape index (κ3) is 6.14. The summed E-state index contributed by atoms with van der Waals surface area (Å²) < 4.78 is 11.8. The van der Waals surface area contributed by atoms with E-state index in [1.807, 2.05) is 54.6 Å². The van der Waals surface area contributed by atoms with Gasteiger partial charge in [0.25, 0.3) is 5.91 Å². The molecule has 0 aliphatic carbocycles. The number of aryl methyl sites for hydroxylation is 1. The molecular formula is C30H27N5O5S2. The van der Waals surface area contributed by atoms with Crippen LogP contribution in [0.1, 0.15) is 32.8 Å². The van der Waals surface area contributed by atoms with Crippen LogP contribution < -0.4 is 25.4 Å². The predicted octanol–water partition coefficient (Wildman–Crippen LogP) is 6.22. The van der Waals surface area contributed by atoms with Crippen LogP contribution >= 0.6 is 22.7 Å². The van der Waals surface area contributed by atoms with Gasteiger partial charge in [-0.25, -0.2) is 9.78 Å². The normalized spacial score (nSPS) is 12.6. The van der Waals surface area contributed by atoms with Gasteiger partial charge in [-0.05, 0) is 60.7 Å². The Balaban J connectivity index is 1.17. The van der Waals surface area contributed by atoms with Gasteiger partial charge < -0.3 is 25.2 Å². The molecule has 0 spiro atoms. The SMILES string of the molecule is Nc1cccc(OCCCc2sc(N3CCc4cccc(C(=O)Nc5nc6ccccc6s5)c4C3)nc2OC(=O)O)c1. The van der Waals surface area contributed by atoms with Crippen molar-refractivity contribution in [2.45, 2.75) is 25.8 Å². The molecule has 0 atom stereocenters. The van der Waals surface area contributed by atoms with Gasteiger partial charge in [0.1, 0.15) is 5.75 Å². The number of carbonyl (C=O) groups is 2. The number of hydrogen-bond donors (Lipinski definition) is 3. The summed E-state index contributed by atoms with van der Waals surface area (Å²) in [7, 11) is 0. The molecule has 12 heteroatoms. The van der Waals surface area contributed by atoms with Crippen LogP contribution in [0.25, 0.3) is 10.2 Å². The summed E-state index contributed by atoms with van der Waals surface area (Å²) in [5.74, 6) is 0.540. The van der Waals surface area contributed by atoms with Gasteiger partial charge in [0.05, 0.1) is 21.7 Å². The summed E-state index contributed by atoms with van der Waals surface area (Å²) in [6.07, 6.45) is 0.464. The number of amides is 1. The third-order valence-electron chi connectivity index (χ3n) is 6.81. The molecule has 5 aromatic rings. The van der Waals surface area contributed by atoms with E-state index in [2.05, 4.69) is 20.2 Å². The first-order valence-corrected chi connectivity index (χ1v) is 15.0. The molecule has 0 bridgehead atoms. The number of para-hydroxylation sites is 1. The van der Waals surface area contributed by atoms with E-state index in [4.69, 9.17) is 15.2 Å². The van der Waals surface area contributed by atoms with Crippen LogP contribution in [0, 0.1) is 0 Å². The Kier molecular flexibility index (Phi) is 7.89. The maximum absolute atomic E-state index is 13.4. The van der Waals surface area contributed by atoms with Gasteiger partial charge in [0, 0.05) is 30.4 Å². The maximum atomic E-state index is 13.4. The highest BCUT2D eigenvalue weighted by Crippen LogP contribution is 2.36. The molecule has 3 aromatic carbocycles. The molecule has 0 fully saturated rings. The Morgan fingerprint density at radius 3 is 2.74 bits per heavy atom. The highest BCUT2D eigenvalue weighted by molar-refractivity contribution is 7.22. The minimum Gasteiger partial charge on any atom is -0.494 e. The van der Waals surface area contributed by atoms with Crippen molar-refractivity contribution in [1.82, 2.24) is 9.97 Å². The second kappa shape index (κ2) is 12.0. The highest BCUT2D eigenvalue weighted by Gasteiger charge is 2.26. The number of benzene rings is 3. The van der Waals surface area contributed by atoms with Crippen molar-refractivity contribution in [2.75, 3.05) is 29.1 Å². The average Bonchev–Trinajstić information content (AvgIpc) is 3.57. The summed E-state index contributed by atoms with van der Waals surface area (Å²) in [4.78, 5) is 36.6. The van der Waals surface area contributed by atoms with Crippen LogP contribution in [0.5, 0.6) is 11.6 Å². The molecule has 10 nitrogen and oxygen atoms in total. The number of rotatable bonds is 9. The Hall–Kier alpha value is -4.68. The summed E-state index contributed by atoms with van der Waals surface area (Å²) in [6, 6.07) is 20.7. The average molecular weight is 602 g/mol. The lowest BCUT2D eigenvalue weighted by molar-refractivity contribution is 0.102. The number of carboxylic acid groups (broad SMARTS) is 1. The fraction of sp³-hybridized carbons (Fsp3) is 0.200. The number of anilines is 3. The highest BCUT2D eigenvalue weighted by atomic mass is 32.1. The Morgan fingerprint density at radius 1 is 1.05 bits per heavy atom. The first-order chi connectivity index (χ1) is 20.4. The quantitative estimate of drug-likeness (QED) is 0.102. The number of nitrogens with two attached hydrogens (primary N) is 1. The van der Waals surface area contributed by atoms with Crippen molar-refractivity contribution in [3.63, 3.8) is 0 Å². The molecule has 1 aliphatic heterocycles. The fourth-order valence-electron chi connectivity index (χ4n) is 4.86. The van der Waals surface area contributed by atoms with Crippen molar-refractivity contribution in [3.05, 3.63) is 88.3 Å². The molecule has 214 valence electrons. The molecule has 3 heterocycles. The first kappa shape index (κ1) is 27.5. The summed E-state index contributed by atoms with van der Waals surface area (Å²) >= 11 is 2.83. The van der Waals surface area contributed by atoms with E-state index in [1.54, 1.807) is 12.1 Å². The Labute approximate surface area is 249 Å². The number of fused-ring (bicyclic) bond motifs is 2. The van der Waals surface area contributed by atoms with E-state index < -0.39 is 6.16 Å². The fourth-order valence-corrected chi connectivity index (χ4v) is 6.77. The molecule has 0 unspecified atom stereocenters. The molecular weight excluding hydrogens is 574 g/mol. The summed E-state index contributed by atoms with van der Waals surface area (Å²) in [5.41, 5.74) is 9.86.